The summed E-state index contributed by atoms with van der Waals surface area (Å²) in [4.78, 5) is 29.5. The number of imide groups is 1. The minimum absolute atomic E-state index is 0.0392. The van der Waals surface area contributed by atoms with E-state index in [-0.39, 0.29) is 12.2 Å². The summed E-state index contributed by atoms with van der Waals surface area (Å²) < 4.78 is 13.6. The number of rotatable bonds is 4. The van der Waals surface area contributed by atoms with Crippen LogP contribution in [0.25, 0.3) is 10.9 Å². The SMILES string of the molecule is O=C(CN1CCC(c2c[nH]c3ccccc23)CC1)NC(=O)Nc1ccccc1F. The summed E-state index contributed by atoms with van der Waals surface area (Å²) in [6.07, 6.45) is 4.00. The first kappa shape index (κ1) is 19.1. The second-order valence-corrected chi connectivity index (χ2v) is 7.32. The number of halogens is 1. The van der Waals surface area contributed by atoms with Gasteiger partial charge < -0.3 is 10.3 Å². The van der Waals surface area contributed by atoms with Crippen LogP contribution in [-0.2, 0) is 4.79 Å². The van der Waals surface area contributed by atoms with Crippen molar-refractivity contribution in [2.75, 3.05) is 25.0 Å². The summed E-state index contributed by atoms with van der Waals surface area (Å²) in [5, 5.41) is 5.87. The Balaban J connectivity index is 1.26. The molecule has 0 spiro atoms. The Labute approximate surface area is 168 Å². The van der Waals surface area contributed by atoms with Crippen molar-refractivity contribution in [1.29, 1.82) is 0 Å². The molecule has 7 heteroatoms. The number of H-pyrrole nitrogens is 1. The number of para-hydroxylation sites is 2. The Hall–Kier alpha value is -3.19. The van der Waals surface area contributed by atoms with Crippen molar-refractivity contribution in [3.63, 3.8) is 0 Å². The van der Waals surface area contributed by atoms with Crippen molar-refractivity contribution in [3.8, 4) is 0 Å². The predicted octanol–water partition coefficient (Wildman–Crippen LogP) is 3.83. The van der Waals surface area contributed by atoms with Crippen molar-refractivity contribution in [3.05, 3.63) is 66.1 Å². The maximum atomic E-state index is 13.6. The van der Waals surface area contributed by atoms with E-state index < -0.39 is 17.8 Å². The van der Waals surface area contributed by atoms with E-state index in [4.69, 9.17) is 0 Å². The lowest BCUT2D eigenvalue weighted by Gasteiger charge is -2.31. The average Bonchev–Trinajstić information content (AvgIpc) is 3.14. The molecule has 4 rings (SSSR count). The van der Waals surface area contributed by atoms with Crippen LogP contribution in [0, 0.1) is 5.82 Å². The number of amides is 3. The molecule has 0 radical (unpaired) electrons. The van der Waals surface area contributed by atoms with Gasteiger partial charge in [-0.25, -0.2) is 9.18 Å². The molecule has 1 aliphatic rings. The van der Waals surface area contributed by atoms with Crippen molar-refractivity contribution in [1.82, 2.24) is 15.2 Å². The largest absolute Gasteiger partial charge is 0.361 e. The number of carbonyl (C=O) groups is 2. The molecule has 0 saturated carbocycles. The van der Waals surface area contributed by atoms with Crippen molar-refractivity contribution >= 4 is 28.5 Å². The van der Waals surface area contributed by atoms with Gasteiger partial charge in [-0.3, -0.25) is 15.0 Å². The molecule has 0 bridgehead atoms. The van der Waals surface area contributed by atoms with Crippen LogP contribution < -0.4 is 10.6 Å². The van der Waals surface area contributed by atoms with Gasteiger partial charge >= 0.3 is 6.03 Å². The van der Waals surface area contributed by atoms with E-state index in [2.05, 4.69) is 33.9 Å². The monoisotopic (exact) mass is 394 g/mol. The Kier molecular flexibility index (Phi) is 5.57. The number of fused-ring (bicyclic) bond motifs is 1. The van der Waals surface area contributed by atoms with Gasteiger partial charge in [0.15, 0.2) is 0 Å². The van der Waals surface area contributed by atoms with Crippen LogP contribution in [0.1, 0.15) is 24.3 Å². The standard InChI is InChI=1S/C22H23FN4O2/c23-18-6-2-4-8-20(18)25-22(29)26-21(28)14-27-11-9-15(10-12-27)17-13-24-19-7-3-1-5-16(17)19/h1-8,13,15,24H,9-12,14H2,(H2,25,26,28,29). The maximum Gasteiger partial charge on any atom is 0.326 e. The fraction of sp³-hybridized carbons (Fsp3) is 0.273. The van der Waals surface area contributed by atoms with E-state index in [0.29, 0.717) is 5.92 Å². The lowest BCUT2D eigenvalue weighted by Crippen LogP contribution is -2.44. The zero-order chi connectivity index (χ0) is 20.2. The van der Waals surface area contributed by atoms with E-state index in [9.17, 15) is 14.0 Å². The highest BCUT2D eigenvalue weighted by molar-refractivity contribution is 6.01. The summed E-state index contributed by atoms with van der Waals surface area (Å²) in [5.41, 5.74) is 2.51. The van der Waals surface area contributed by atoms with Crippen LogP contribution >= 0.6 is 0 Å². The Bertz CT molecular complexity index is 1020. The molecule has 6 nitrogen and oxygen atoms in total. The van der Waals surface area contributed by atoms with Gasteiger partial charge in [0.25, 0.3) is 0 Å². The van der Waals surface area contributed by atoms with Crippen LogP contribution in [0.2, 0.25) is 0 Å². The smallest absolute Gasteiger partial charge is 0.326 e. The number of piperidine rings is 1. The highest BCUT2D eigenvalue weighted by Crippen LogP contribution is 2.32. The highest BCUT2D eigenvalue weighted by Gasteiger charge is 2.24. The number of nitrogens with zero attached hydrogens (tertiary/aromatic N) is 1. The van der Waals surface area contributed by atoms with Crippen molar-refractivity contribution in [2.45, 2.75) is 18.8 Å². The quantitative estimate of drug-likeness (QED) is 0.629. The van der Waals surface area contributed by atoms with Gasteiger partial charge in [-0.1, -0.05) is 30.3 Å². The first-order chi connectivity index (χ1) is 14.1. The average molecular weight is 394 g/mol. The Morgan fingerprint density at radius 1 is 1.07 bits per heavy atom. The van der Waals surface area contributed by atoms with Crippen LogP contribution in [0.3, 0.4) is 0 Å². The van der Waals surface area contributed by atoms with Gasteiger partial charge in [-0.15, -0.1) is 0 Å². The lowest BCUT2D eigenvalue weighted by molar-refractivity contribution is -0.121. The molecule has 0 aliphatic carbocycles. The zero-order valence-electron chi connectivity index (χ0n) is 16.0. The summed E-state index contributed by atoms with van der Waals surface area (Å²) in [5.74, 6) is -0.492. The minimum atomic E-state index is -0.728. The molecule has 0 unspecified atom stereocenters. The van der Waals surface area contributed by atoms with Gasteiger partial charge in [0.1, 0.15) is 5.82 Å². The van der Waals surface area contributed by atoms with Crippen LogP contribution in [0.5, 0.6) is 0 Å². The molecule has 1 saturated heterocycles. The number of likely N-dealkylation sites (tertiary alicyclic amines) is 1. The molecular weight excluding hydrogens is 371 g/mol. The van der Waals surface area contributed by atoms with E-state index in [1.54, 1.807) is 6.07 Å². The number of anilines is 1. The predicted molar refractivity (Wildman–Crippen MR) is 110 cm³/mol. The molecule has 150 valence electrons. The molecule has 1 aromatic heterocycles. The second kappa shape index (κ2) is 8.45. The van der Waals surface area contributed by atoms with Crippen LogP contribution in [0.15, 0.2) is 54.7 Å². The number of hydrogen-bond donors (Lipinski definition) is 3. The van der Waals surface area contributed by atoms with Crippen molar-refractivity contribution < 1.29 is 14.0 Å². The molecular formula is C22H23FN4O2. The third kappa shape index (κ3) is 4.46. The van der Waals surface area contributed by atoms with Gasteiger partial charge in [0.2, 0.25) is 5.91 Å². The fourth-order valence-electron chi connectivity index (χ4n) is 3.92. The van der Waals surface area contributed by atoms with Crippen LogP contribution in [0.4, 0.5) is 14.9 Å². The summed E-state index contributed by atoms with van der Waals surface area (Å²) in [7, 11) is 0. The molecule has 2 heterocycles. The third-order valence-corrected chi connectivity index (χ3v) is 5.39. The summed E-state index contributed by atoms with van der Waals surface area (Å²) in [6, 6.07) is 13.4. The molecule has 3 aromatic rings. The first-order valence-corrected chi connectivity index (χ1v) is 9.74. The number of nitrogens with one attached hydrogen (secondary N) is 3. The van der Waals surface area contributed by atoms with E-state index in [0.717, 1.165) is 31.4 Å². The number of aromatic nitrogens is 1. The van der Waals surface area contributed by atoms with Crippen molar-refractivity contribution in [2.24, 2.45) is 0 Å². The van der Waals surface area contributed by atoms with E-state index in [1.807, 2.05) is 17.0 Å². The van der Waals surface area contributed by atoms with Gasteiger partial charge in [0, 0.05) is 17.1 Å². The van der Waals surface area contributed by atoms with E-state index >= 15 is 0 Å². The summed E-state index contributed by atoms with van der Waals surface area (Å²) >= 11 is 0. The van der Waals surface area contributed by atoms with Gasteiger partial charge in [-0.2, -0.15) is 0 Å². The number of benzene rings is 2. The topological polar surface area (TPSA) is 77.2 Å². The molecule has 3 amide bonds. The first-order valence-electron chi connectivity index (χ1n) is 9.74. The Morgan fingerprint density at radius 3 is 2.59 bits per heavy atom. The molecule has 0 atom stereocenters. The van der Waals surface area contributed by atoms with Gasteiger partial charge in [0.05, 0.1) is 12.2 Å². The second-order valence-electron chi connectivity index (χ2n) is 7.32. The van der Waals surface area contributed by atoms with E-state index in [1.165, 1.54) is 29.1 Å². The molecule has 3 N–H and O–H groups in total. The molecule has 1 fully saturated rings. The van der Waals surface area contributed by atoms with Crippen LogP contribution in [-0.4, -0.2) is 41.5 Å². The normalized spacial score (nSPS) is 15.3. The fourth-order valence-corrected chi connectivity index (χ4v) is 3.92. The number of hydrogen-bond acceptors (Lipinski definition) is 3. The Morgan fingerprint density at radius 2 is 1.79 bits per heavy atom. The number of carbonyl (C=O) groups excluding carboxylic acids is 2. The number of urea groups is 1. The minimum Gasteiger partial charge on any atom is -0.361 e. The molecule has 1 aliphatic heterocycles. The third-order valence-electron chi connectivity index (χ3n) is 5.39. The van der Waals surface area contributed by atoms with Gasteiger partial charge in [-0.05, 0) is 55.6 Å². The highest BCUT2D eigenvalue weighted by atomic mass is 19.1. The maximum absolute atomic E-state index is 13.6. The molecule has 2 aromatic carbocycles. The number of aromatic amines is 1. The molecule has 29 heavy (non-hydrogen) atoms. The summed E-state index contributed by atoms with van der Waals surface area (Å²) in [6.45, 7) is 1.71. The zero-order valence-corrected chi connectivity index (χ0v) is 16.0. The lowest BCUT2D eigenvalue weighted by atomic mass is 9.89.